The van der Waals surface area contributed by atoms with E-state index in [2.05, 4.69) is 33.5 Å². The van der Waals surface area contributed by atoms with Crippen molar-refractivity contribution in [2.24, 2.45) is 0 Å². The number of nitrogens with zero attached hydrogens (tertiary/aromatic N) is 2. The van der Waals surface area contributed by atoms with Crippen LogP contribution in [0, 0.1) is 6.92 Å². The van der Waals surface area contributed by atoms with Crippen molar-refractivity contribution in [2.75, 3.05) is 34.8 Å². The lowest BCUT2D eigenvalue weighted by Gasteiger charge is -2.30. The zero-order valence-electron chi connectivity index (χ0n) is 13.8. The van der Waals surface area contributed by atoms with Crippen molar-refractivity contribution in [1.82, 2.24) is 10.3 Å². The van der Waals surface area contributed by atoms with Crippen molar-refractivity contribution in [3.63, 3.8) is 0 Å². The molecule has 24 heavy (non-hydrogen) atoms. The molecule has 6 heteroatoms. The minimum Gasteiger partial charge on any atom is -0.370 e. The predicted molar refractivity (Wildman–Crippen MR) is 101 cm³/mol. The summed E-state index contributed by atoms with van der Waals surface area (Å²) in [4.78, 5) is 18.6. The van der Waals surface area contributed by atoms with E-state index < -0.39 is 0 Å². The average molecular weight is 342 g/mol. The van der Waals surface area contributed by atoms with E-state index in [0.29, 0.717) is 6.54 Å². The van der Waals surface area contributed by atoms with Gasteiger partial charge < -0.3 is 15.5 Å². The Morgan fingerprint density at radius 3 is 2.79 bits per heavy atom. The molecule has 0 atom stereocenters. The number of pyridine rings is 1. The van der Waals surface area contributed by atoms with Gasteiger partial charge in [0, 0.05) is 42.2 Å². The molecular weight excluding hydrogens is 320 g/mol. The van der Waals surface area contributed by atoms with Gasteiger partial charge in [0.25, 0.3) is 0 Å². The Morgan fingerprint density at radius 2 is 2.08 bits per heavy atom. The molecule has 2 aromatic rings. The molecule has 1 aliphatic heterocycles. The predicted octanol–water partition coefficient (Wildman–Crippen LogP) is 3.26. The van der Waals surface area contributed by atoms with Crippen LogP contribution >= 0.6 is 11.8 Å². The van der Waals surface area contributed by atoms with Gasteiger partial charge in [-0.05, 0) is 42.8 Å². The molecule has 0 unspecified atom stereocenters. The molecule has 0 bridgehead atoms. The Bertz CT molecular complexity index is 687. The molecule has 1 fully saturated rings. The molecule has 0 saturated carbocycles. The zero-order valence-corrected chi connectivity index (χ0v) is 14.6. The summed E-state index contributed by atoms with van der Waals surface area (Å²) >= 11 is 2.00. The summed E-state index contributed by atoms with van der Waals surface area (Å²) in [5.41, 5.74) is 4.09. The number of amides is 2. The number of anilines is 2. The molecule has 0 spiro atoms. The van der Waals surface area contributed by atoms with E-state index in [1.54, 1.807) is 6.20 Å². The van der Waals surface area contributed by atoms with E-state index in [-0.39, 0.29) is 6.03 Å². The van der Waals surface area contributed by atoms with Gasteiger partial charge in [-0.3, -0.25) is 4.98 Å². The highest BCUT2D eigenvalue weighted by Crippen LogP contribution is 2.26. The van der Waals surface area contributed by atoms with Gasteiger partial charge in [-0.15, -0.1) is 0 Å². The van der Waals surface area contributed by atoms with Crippen molar-refractivity contribution in [1.29, 1.82) is 0 Å². The minimum absolute atomic E-state index is 0.220. The Balaban J connectivity index is 1.57. The topological polar surface area (TPSA) is 57.3 Å². The number of hydrogen-bond donors (Lipinski definition) is 2. The first-order valence-corrected chi connectivity index (χ1v) is 9.26. The molecule has 126 valence electrons. The van der Waals surface area contributed by atoms with Crippen LogP contribution in [0.25, 0.3) is 0 Å². The molecule has 1 aromatic heterocycles. The Hall–Kier alpha value is -2.21. The quantitative estimate of drug-likeness (QED) is 0.895. The number of urea groups is 1. The van der Waals surface area contributed by atoms with Crippen molar-refractivity contribution >= 4 is 29.2 Å². The van der Waals surface area contributed by atoms with Crippen molar-refractivity contribution in [3.05, 3.63) is 53.9 Å². The molecule has 2 N–H and O–H groups in total. The zero-order chi connectivity index (χ0) is 16.8. The highest BCUT2D eigenvalue weighted by molar-refractivity contribution is 7.99. The molecule has 5 nitrogen and oxygen atoms in total. The molecule has 1 aromatic carbocycles. The van der Waals surface area contributed by atoms with Crippen molar-refractivity contribution < 1.29 is 4.79 Å². The van der Waals surface area contributed by atoms with Gasteiger partial charge in [0.15, 0.2) is 0 Å². The number of hydrogen-bond acceptors (Lipinski definition) is 4. The number of carbonyl (C=O) groups excluding carboxylic acids is 1. The number of benzene rings is 1. The van der Waals surface area contributed by atoms with Crippen LogP contribution in [-0.4, -0.2) is 35.6 Å². The normalized spacial score (nSPS) is 14.3. The summed E-state index contributed by atoms with van der Waals surface area (Å²) in [6.07, 6.45) is 1.72. The SMILES string of the molecule is Cc1cc(NC(=O)NCc2ccccn2)ccc1N1CCSCC1. The number of nitrogens with one attached hydrogen (secondary N) is 2. The van der Waals surface area contributed by atoms with E-state index in [4.69, 9.17) is 0 Å². The number of thioether (sulfide) groups is 1. The van der Waals surface area contributed by atoms with Gasteiger partial charge in [-0.2, -0.15) is 11.8 Å². The van der Waals surface area contributed by atoms with E-state index in [1.807, 2.05) is 42.1 Å². The van der Waals surface area contributed by atoms with Crippen LogP contribution < -0.4 is 15.5 Å². The summed E-state index contributed by atoms with van der Waals surface area (Å²) in [5.74, 6) is 2.35. The van der Waals surface area contributed by atoms with Crippen LogP contribution in [0.3, 0.4) is 0 Å². The molecule has 1 aliphatic rings. The Morgan fingerprint density at radius 1 is 1.25 bits per heavy atom. The maximum Gasteiger partial charge on any atom is 0.319 e. The van der Waals surface area contributed by atoms with Gasteiger partial charge >= 0.3 is 6.03 Å². The smallest absolute Gasteiger partial charge is 0.319 e. The second-order valence-corrected chi connectivity index (χ2v) is 6.95. The lowest BCUT2D eigenvalue weighted by Crippen LogP contribution is -2.33. The highest BCUT2D eigenvalue weighted by atomic mass is 32.2. The largest absolute Gasteiger partial charge is 0.370 e. The number of aryl methyl sites for hydroxylation is 1. The first-order chi connectivity index (χ1) is 11.7. The second-order valence-electron chi connectivity index (χ2n) is 5.73. The van der Waals surface area contributed by atoms with E-state index >= 15 is 0 Å². The third kappa shape index (κ3) is 4.41. The minimum atomic E-state index is -0.220. The van der Waals surface area contributed by atoms with Crippen LogP contribution in [0.5, 0.6) is 0 Å². The molecule has 0 aliphatic carbocycles. The molecular formula is C18H22N4OS. The third-order valence-electron chi connectivity index (χ3n) is 3.96. The fourth-order valence-corrected chi connectivity index (χ4v) is 3.64. The fourth-order valence-electron chi connectivity index (χ4n) is 2.74. The van der Waals surface area contributed by atoms with Crippen molar-refractivity contribution in [2.45, 2.75) is 13.5 Å². The summed E-state index contributed by atoms with van der Waals surface area (Å²) in [6, 6.07) is 11.5. The maximum atomic E-state index is 12.0. The van der Waals surface area contributed by atoms with Gasteiger partial charge in [-0.1, -0.05) is 6.07 Å². The van der Waals surface area contributed by atoms with E-state index in [9.17, 15) is 4.79 Å². The molecule has 0 radical (unpaired) electrons. The lowest BCUT2D eigenvalue weighted by atomic mass is 10.1. The van der Waals surface area contributed by atoms with Crippen molar-refractivity contribution in [3.8, 4) is 0 Å². The van der Waals surface area contributed by atoms with E-state index in [1.165, 1.54) is 22.8 Å². The van der Waals surface area contributed by atoms with Crippen LogP contribution in [-0.2, 0) is 6.54 Å². The Labute approximate surface area is 146 Å². The van der Waals surface area contributed by atoms with Crippen LogP contribution in [0.1, 0.15) is 11.3 Å². The van der Waals surface area contributed by atoms with Gasteiger partial charge in [-0.25, -0.2) is 4.79 Å². The number of rotatable bonds is 4. The molecule has 3 rings (SSSR count). The van der Waals surface area contributed by atoms with Crippen LogP contribution in [0.4, 0.5) is 16.2 Å². The summed E-state index contributed by atoms with van der Waals surface area (Å²) in [5, 5.41) is 5.70. The Kier molecular flexibility index (Phi) is 5.59. The second kappa shape index (κ2) is 8.06. The first-order valence-electron chi connectivity index (χ1n) is 8.10. The van der Waals surface area contributed by atoms with Gasteiger partial charge in [0.05, 0.1) is 12.2 Å². The summed E-state index contributed by atoms with van der Waals surface area (Å²) < 4.78 is 0. The first kappa shape index (κ1) is 16.6. The van der Waals surface area contributed by atoms with E-state index in [0.717, 1.165) is 24.5 Å². The highest BCUT2D eigenvalue weighted by Gasteiger charge is 2.13. The number of aromatic nitrogens is 1. The lowest BCUT2D eigenvalue weighted by molar-refractivity contribution is 0.251. The maximum absolute atomic E-state index is 12.0. The summed E-state index contributed by atoms with van der Waals surface area (Å²) in [6.45, 7) is 4.68. The standard InChI is InChI=1S/C18H22N4OS/c1-14-12-15(5-6-17(14)22-8-10-24-11-9-22)21-18(23)20-13-16-4-2-3-7-19-16/h2-7,12H,8-11,13H2,1H3,(H2,20,21,23). The van der Waals surface area contributed by atoms with Crippen LogP contribution in [0.15, 0.2) is 42.6 Å². The van der Waals surface area contributed by atoms with Gasteiger partial charge in [0.2, 0.25) is 0 Å². The monoisotopic (exact) mass is 342 g/mol. The summed E-state index contributed by atoms with van der Waals surface area (Å²) in [7, 11) is 0. The van der Waals surface area contributed by atoms with Gasteiger partial charge in [0.1, 0.15) is 0 Å². The molecule has 2 heterocycles. The molecule has 1 saturated heterocycles. The third-order valence-corrected chi connectivity index (χ3v) is 4.91. The molecule has 2 amide bonds. The number of carbonyl (C=O) groups is 1. The fraction of sp³-hybridized carbons (Fsp3) is 0.333. The van der Waals surface area contributed by atoms with Crippen LogP contribution in [0.2, 0.25) is 0 Å². The average Bonchev–Trinajstić information content (AvgIpc) is 2.62.